The van der Waals surface area contributed by atoms with Crippen molar-refractivity contribution in [3.05, 3.63) is 11.2 Å². The Bertz CT molecular complexity index is 402. The SMILES string of the molecule is COc1ncc(Cl)c(NCC2CCCCN2C)n1. The number of nitrogens with one attached hydrogen (secondary N) is 1. The number of methoxy groups -OCH3 is 1. The molecule has 6 heteroatoms. The lowest BCUT2D eigenvalue weighted by atomic mass is 10.0. The van der Waals surface area contributed by atoms with Gasteiger partial charge >= 0.3 is 6.01 Å². The number of likely N-dealkylation sites (N-methyl/N-ethyl adjacent to an activating group) is 1. The lowest BCUT2D eigenvalue weighted by molar-refractivity contribution is 0.194. The molecular weight excluding hydrogens is 252 g/mol. The molecule has 1 aliphatic rings. The second-order valence-corrected chi connectivity index (χ2v) is 4.97. The average Bonchev–Trinajstić information content (AvgIpc) is 2.39. The Hall–Kier alpha value is -1.07. The molecule has 5 nitrogen and oxygen atoms in total. The molecule has 0 spiro atoms. The van der Waals surface area contributed by atoms with E-state index in [1.165, 1.54) is 19.3 Å². The van der Waals surface area contributed by atoms with Crippen LogP contribution in [0.1, 0.15) is 19.3 Å². The highest BCUT2D eigenvalue weighted by Crippen LogP contribution is 2.21. The van der Waals surface area contributed by atoms with Crippen molar-refractivity contribution in [2.24, 2.45) is 0 Å². The van der Waals surface area contributed by atoms with Gasteiger partial charge in [-0.25, -0.2) is 4.98 Å². The zero-order valence-corrected chi connectivity index (χ0v) is 11.6. The first kappa shape index (κ1) is 13.4. The van der Waals surface area contributed by atoms with E-state index in [0.29, 0.717) is 22.9 Å². The van der Waals surface area contributed by atoms with Gasteiger partial charge in [0.1, 0.15) is 5.02 Å². The molecule has 1 aromatic heterocycles. The zero-order chi connectivity index (χ0) is 13.0. The third-order valence-electron chi connectivity index (χ3n) is 3.33. The van der Waals surface area contributed by atoms with Crippen molar-refractivity contribution in [2.45, 2.75) is 25.3 Å². The molecule has 0 saturated carbocycles. The average molecular weight is 271 g/mol. The Morgan fingerprint density at radius 3 is 3.11 bits per heavy atom. The number of aromatic nitrogens is 2. The first-order valence-corrected chi connectivity index (χ1v) is 6.59. The number of likely N-dealkylation sites (tertiary alicyclic amines) is 1. The van der Waals surface area contributed by atoms with Crippen molar-refractivity contribution >= 4 is 17.4 Å². The molecule has 2 heterocycles. The number of anilines is 1. The van der Waals surface area contributed by atoms with Gasteiger partial charge in [0, 0.05) is 12.6 Å². The molecule has 1 aliphatic heterocycles. The number of piperidine rings is 1. The molecule has 0 bridgehead atoms. The minimum Gasteiger partial charge on any atom is -0.467 e. The minimum atomic E-state index is 0.332. The van der Waals surface area contributed by atoms with Gasteiger partial charge in [-0.05, 0) is 26.4 Å². The summed E-state index contributed by atoms with van der Waals surface area (Å²) in [6.07, 6.45) is 5.34. The van der Waals surface area contributed by atoms with E-state index in [1.54, 1.807) is 13.3 Å². The molecule has 1 aromatic rings. The lowest BCUT2D eigenvalue weighted by Gasteiger charge is -2.32. The van der Waals surface area contributed by atoms with E-state index in [4.69, 9.17) is 16.3 Å². The van der Waals surface area contributed by atoms with Gasteiger partial charge < -0.3 is 15.0 Å². The third kappa shape index (κ3) is 3.23. The molecule has 100 valence electrons. The second-order valence-electron chi connectivity index (χ2n) is 4.56. The number of halogens is 1. The molecule has 0 aliphatic carbocycles. The molecule has 18 heavy (non-hydrogen) atoms. The van der Waals surface area contributed by atoms with Crippen molar-refractivity contribution < 1.29 is 4.74 Å². The van der Waals surface area contributed by atoms with Crippen LogP contribution < -0.4 is 10.1 Å². The summed E-state index contributed by atoms with van der Waals surface area (Å²) in [6, 6.07) is 0.870. The van der Waals surface area contributed by atoms with E-state index in [-0.39, 0.29) is 0 Å². The maximum absolute atomic E-state index is 6.05. The first-order chi connectivity index (χ1) is 8.70. The van der Waals surface area contributed by atoms with Crippen molar-refractivity contribution in [1.82, 2.24) is 14.9 Å². The molecular formula is C12H19ClN4O. The van der Waals surface area contributed by atoms with E-state index in [0.717, 1.165) is 13.1 Å². The fourth-order valence-electron chi connectivity index (χ4n) is 2.19. The summed E-state index contributed by atoms with van der Waals surface area (Å²) in [5, 5.41) is 3.81. The summed E-state index contributed by atoms with van der Waals surface area (Å²) in [6.45, 7) is 2.00. The Morgan fingerprint density at radius 1 is 1.56 bits per heavy atom. The molecule has 1 N–H and O–H groups in total. The number of nitrogens with zero attached hydrogens (tertiary/aromatic N) is 3. The van der Waals surface area contributed by atoms with Crippen LogP contribution in [0.4, 0.5) is 5.82 Å². The molecule has 0 aromatic carbocycles. The van der Waals surface area contributed by atoms with Gasteiger partial charge in [-0.2, -0.15) is 4.98 Å². The van der Waals surface area contributed by atoms with Crippen LogP contribution in [-0.4, -0.2) is 48.2 Å². The Balaban J connectivity index is 1.96. The van der Waals surface area contributed by atoms with Gasteiger partial charge in [-0.3, -0.25) is 0 Å². The number of hydrogen-bond acceptors (Lipinski definition) is 5. The van der Waals surface area contributed by atoms with Gasteiger partial charge in [-0.15, -0.1) is 0 Å². The van der Waals surface area contributed by atoms with Crippen LogP contribution in [-0.2, 0) is 0 Å². The predicted molar refractivity (Wildman–Crippen MR) is 72.4 cm³/mol. The number of hydrogen-bond donors (Lipinski definition) is 1. The summed E-state index contributed by atoms with van der Waals surface area (Å²) in [7, 11) is 3.70. The van der Waals surface area contributed by atoms with Gasteiger partial charge in [0.25, 0.3) is 0 Å². The highest BCUT2D eigenvalue weighted by atomic mass is 35.5. The minimum absolute atomic E-state index is 0.332. The molecule has 0 amide bonds. The molecule has 0 radical (unpaired) electrons. The van der Waals surface area contributed by atoms with Gasteiger partial charge in [0.2, 0.25) is 0 Å². The van der Waals surface area contributed by atoms with Gasteiger partial charge in [0.05, 0.1) is 13.3 Å². The Labute approximate surface area is 113 Å². The van der Waals surface area contributed by atoms with Crippen molar-refractivity contribution in [1.29, 1.82) is 0 Å². The Morgan fingerprint density at radius 2 is 2.39 bits per heavy atom. The van der Waals surface area contributed by atoms with Crippen molar-refractivity contribution in [3.8, 4) is 6.01 Å². The van der Waals surface area contributed by atoms with Gasteiger partial charge in [-0.1, -0.05) is 18.0 Å². The lowest BCUT2D eigenvalue weighted by Crippen LogP contribution is -2.40. The predicted octanol–water partition coefficient (Wildman–Crippen LogP) is 2.03. The smallest absolute Gasteiger partial charge is 0.318 e. The molecule has 1 unspecified atom stereocenters. The van der Waals surface area contributed by atoms with E-state index in [1.807, 2.05) is 0 Å². The van der Waals surface area contributed by atoms with Crippen molar-refractivity contribution in [3.63, 3.8) is 0 Å². The zero-order valence-electron chi connectivity index (χ0n) is 10.8. The second kappa shape index (κ2) is 6.20. The molecule has 1 fully saturated rings. The fourth-order valence-corrected chi connectivity index (χ4v) is 2.35. The fraction of sp³-hybridized carbons (Fsp3) is 0.667. The van der Waals surface area contributed by atoms with E-state index < -0.39 is 0 Å². The van der Waals surface area contributed by atoms with E-state index >= 15 is 0 Å². The normalized spacial score (nSPS) is 20.7. The van der Waals surface area contributed by atoms with Crippen LogP contribution in [0, 0.1) is 0 Å². The van der Waals surface area contributed by atoms with Crippen molar-refractivity contribution in [2.75, 3.05) is 32.6 Å². The maximum atomic E-state index is 6.05. The summed E-state index contributed by atoms with van der Waals surface area (Å²) in [4.78, 5) is 10.5. The van der Waals surface area contributed by atoms with Crippen LogP contribution in [0.15, 0.2) is 6.20 Å². The highest BCUT2D eigenvalue weighted by molar-refractivity contribution is 6.32. The van der Waals surface area contributed by atoms with Crippen LogP contribution in [0.3, 0.4) is 0 Å². The van der Waals surface area contributed by atoms with Crippen LogP contribution >= 0.6 is 11.6 Å². The molecule has 1 saturated heterocycles. The first-order valence-electron chi connectivity index (χ1n) is 6.21. The van der Waals surface area contributed by atoms with E-state index in [9.17, 15) is 0 Å². The summed E-state index contributed by atoms with van der Waals surface area (Å²) in [5.74, 6) is 0.641. The third-order valence-corrected chi connectivity index (χ3v) is 3.61. The largest absolute Gasteiger partial charge is 0.467 e. The van der Waals surface area contributed by atoms with Crippen LogP contribution in [0.25, 0.3) is 0 Å². The van der Waals surface area contributed by atoms with Crippen LogP contribution in [0.2, 0.25) is 5.02 Å². The number of rotatable bonds is 4. The molecule has 2 rings (SSSR count). The standard InChI is InChI=1S/C12H19ClN4O/c1-17-6-4-3-5-9(17)7-14-11-10(13)8-15-12(16-11)18-2/h8-9H,3-7H2,1-2H3,(H,14,15,16). The van der Waals surface area contributed by atoms with Crippen LogP contribution in [0.5, 0.6) is 6.01 Å². The van der Waals surface area contributed by atoms with Gasteiger partial charge in [0.15, 0.2) is 5.82 Å². The summed E-state index contributed by atoms with van der Waals surface area (Å²) < 4.78 is 4.99. The Kier molecular flexibility index (Phi) is 4.60. The maximum Gasteiger partial charge on any atom is 0.318 e. The quantitative estimate of drug-likeness (QED) is 0.907. The molecule has 1 atom stereocenters. The summed E-state index contributed by atoms with van der Waals surface area (Å²) >= 11 is 6.05. The topological polar surface area (TPSA) is 50.3 Å². The highest BCUT2D eigenvalue weighted by Gasteiger charge is 2.19. The monoisotopic (exact) mass is 270 g/mol. The van der Waals surface area contributed by atoms with E-state index in [2.05, 4.69) is 27.2 Å². The summed E-state index contributed by atoms with van der Waals surface area (Å²) in [5.41, 5.74) is 0. The number of ether oxygens (including phenoxy) is 1.